The summed E-state index contributed by atoms with van der Waals surface area (Å²) < 4.78 is 49.2. The molecule has 36 heavy (non-hydrogen) atoms. The van der Waals surface area contributed by atoms with Crippen LogP contribution in [-0.2, 0) is 23.1 Å². The second-order valence-corrected chi connectivity index (χ2v) is 11.5. The van der Waals surface area contributed by atoms with Crippen molar-refractivity contribution in [2.45, 2.75) is 89.0 Å². The summed E-state index contributed by atoms with van der Waals surface area (Å²) in [5.41, 5.74) is 2.43. The van der Waals surface area contributed by atoms with Gasteiger partial charge in [-0.3, -0.25) is 4.68 Å². The summed E-state index contributed by atoms with van der Waals surface area (Å²) in [5.74, 6) is 1.19. The van der Waals surface area contributed by atoms with Crippen LogP contribution in [0.3, 0.4) is 0 Å². The van der Waals surface area contributed by atoms with Crippen LogP contribution in [0.2, 0.25) is 0 Å². The summed E-state index contributed by atoms with van der Waals surface area (Å²) in [6, 6.07) is 2.08. The van der Waals surface area contributed by atoms with Crippen molar-refractivity contribution in [2.75, 3.05) is 6.61 Å². The van der Waals surface area contributed by atoms with Crippen LogP contribution in [0.1, 0.15) is 73.0 Å². The molecule has 10 heteroatoms. The van der Waals surface area contributed by atoms with Gasteiger partial charge >= 0.3 is 6.18 Å². The lowest BCUT2D eigenvalue weighted by Crippen LogP contribution is -2.70. The third-order valence-electron chi connectivity index (χ3n) is 9.29. The molecule has 0 amide bonds. The molecule has 7 nitrogen and oxygen atoms in total. The zero-order valence-corrected chi connectivity index (χ0v) is 20.5. The average molecular weight is 499 g/mol. The molecule has 5 aliphatic rings. The van der Waals surface area contributed by atoms with E-state index in [0.717, 1.165) is 43.6 Å². The van der Waals surface area contributed by atoms with Crippen molar-refractivity contribution in [1.82, 2.24) is 29.7 Å². The molecule has 4 fully saturated rings. The van der Waals surface area contributed by atoms with Gasteiger partial charge in [0.15, 0.2) is 5.65 Å². The van der Waals surface area contributed by atoms with E-state index in [0.29, 0.717) is 35.2 Å². The number of fused-ring (bicyclic) bond motifs is 2. The Balaban J connectivity index is 1.21. The molecule has 0 radical (unpaired) electrons. The van der Waals surface area contributed by atoms with E-state index in [9.17, 15) is 13.2 Å². The first-order valence-corrected chi connectivity index (χ1v) is 12.9. The largest absolute Gasteiger partial charge is 0.394 e. The predicted molar refractivity (Wildman–Crippen MR) is 124 cm³/mol. The van der Waals surface area contributed by atoms with Gasteiger partial charge in [-0.15, -0.1) is 0 Å². The van der Waals surface area contributed by atoms with Crippen molar-refractivity contribution >= 4 is 11.2 Å². The topological polar surface area (TPSA) is 78.6 Å². The van der Waals surface area contributed by atoms with Crippen LogP contribution in [0, 0.1) is 25.2 Å². The number of halogens is 3. The van der Waals surface area contributed by atoms with E-state index in [4.69, 9.17) is 24.7 Å². The van der Waals surface area contributed by atoms with Gasteiger partial charge in [-0.2, -0.15) is 18.3 Å². The van der Waals surface area contributed by atoms with Crippen LogP contribution in [-0.4, -0.2) is 48.6 Å². The molecule has 3 aromatic rings. The fourth-order valence-corrected chi connectivity index (χ4v) is 7.12. The molecule has 0 spiro atoms. The molecule has 0 aromatic carbocycles. The van der Waals surface area contributed by atoms with Crippen LogP contribution < -0.4 is 0 Å². The predicted octanol–water partition coefficient (Wildman–Crippen LogP) is 4.74. The summed E-state index contributed by atoms with van der Waals surface area (Å²) in [6.45, 7) is 5.29. The van der Waals surface area contributed by atoms with E-state index in [-0.39, 0.29) is 31.3 Å². The number of ether oxygens (including phenoxy) is 1. The third kappa shape index (κ3) is 3.18. The summed E-state index contributed by atoms with van der Waals surface area (Å²) in [4.78, 5) is 19.3. The van der Waals surface area contributed by atoms with E-state index >= 15 is 0 Å². The van der Waals surface area contributed by atoms with Crippen LogP contribution in [0.25, 0.3) is 11.2 Å². The lowest BCUT2D eigenvalue weighted by molar-refractivity contribution is -0.337. The van der Waals surface area contributed by atoms with Crippen molar-refractivity contribution in [3.63, 3.8) is 0 Å². The maximum absolute atomic E-state index is 13.6. The maximum atomic E-state index is 13.6. The first-order chi connectivity index (χ1) is 17.2. The van der Waals surface area contributed by atoms with E-state index in [1.165, 1.54) is 5.69 Å². The zero-order chi connectivity index (χ0) is 24.9. The molecule has 3 saturated carbocycles. The van der Waals surface area contributed by atoms with Gasteiger partial charge in [-0.25, -0.2) is 19.9 Å². The Bertz CT molecular complexity index is 1350. The van der Waals surface area contributed by atoms with Crippen molar-refractivity contribution in [2.24, 2.45) is 11.3 Å². The maximum Gasteiger partial charge on any atom is 0.394 e. The van der Waals surface area contributed by atoms with E-state index in [2.05, 4.69) is 15.8 Å². The van der Waals surface area contributed by atoms with Gasteiger partial charge in [0.25, 0.3) is 0 Å². The highest BCUT2D eigenvalue weighted by Crippen LogP contribution is 2.78. The lowest BCUT2D eigenvalue weighted by atomic mass is 9.34. The van der Waals surface area contributed by atoms with Crippen molar-refractivity contribution < 1.29 is 17.9 Å². The highest BCUT2D eigenvalue weighted by atomic mass is 19.4. The monoisotopic (exact) mass is 498 g/mol. The quantitative estimate of drug-likeness (QED) is 0.519. The molecule has 3 atom stereocenters. The number of rotatable bonds is 3. The Morgan fingerprint density at radius 2 is 1.81 bits per heavy atom. The van der Waals surface area contributed by atoms with Crippen LogP contribution in [0.5, 0.6) is 0 Å². The van der Waals surface area contributed by atoms with Crippen molar-refractivity contribution in [3.8, 4) is 0 Å². The minimum atomic E-state index is -4.16. The molecule has 3 unspecified atom stereocenters. The molecule has 3 aliphatic carbocycles. The Labute approximate surface area is 206 Å². The van der Waals surface area contributed by atoms with Crippen LogP contribution >= 0.6 is 0 Å². The number of aryl methyl sites for hydroxylation is 3. The van der Waals surface area contributed by atoms with Crippen molar-refractivity contribution in [1.29, 1.82) is 0 Å². The van der Waals surface area contributed by atoms with E-state index in [1.807, 2.05) is 20.0 Å². The molecule has 1 saturated heterocycles. The second kappa shape index (κ2) is 7.46. The molecule has 0 N–H and O–H groups in total. The Hall–Kier alpha value is -2.62. The molecule has 2 bridgehead atoms. The van der Waals surface area contributed by atoms with Crippen molar-refractivity contribution in [3.05, 3.63) is 40.9 Å². The number of aromatic nitrogens is 6. The number of alkyl halides is 3. The first-order valence-electron chi connectivity index (χ1n) is 12.9. The molecule has 5 heterocycles. The molecule has 3 aromatic heterocycles. The summed E-state index contributed by atoms with van der Waals surface area (Å²) in [7, 11) is 0. The number of nitrogens with zero attached hydrogens (tertiary/aromatic N) is 6. The average Bonchev–Trinajstić information content (AvgIpc) is 3.25. The first kappa shape index (κ1) is 22.6. The smallest absolute Gasteiger partial charge is 0.378 e. The number of hydrogen-bond donors (Lipinski definition) is 0. The molecule has 2 aliphatic heterocycles. The summed E-state index contributed by atoms with van der Waals surface area (Å²) in [6.07, 6.45) is 1.63. The fraction of sp³-hybridized carbons (Fsp3) is 0.654. The molecular formula is C26H29F3N6O. The van der Waals surface area contributed by atoms with E-state index < -0.39 is 17.0 Å². The Morgan fingerprint density at radius 1 is 1.03 bits per heavy atom. The van der Waals surface area contributed by atoms with Gasteiger partial charge < -0.3 is 4.74 Å². The lowest BCUT2D eigenvalue weighted by Gasteiger charge is -2.70. The highest BCUT2D eigenvalue weighted by molar-refractivity contribution is 5.75. The zero-order valence-electron chi connectivity index (χ0n) is 20.5. The van der Waals surface area contributed by atoms with Gasteiger partial charge in [0.2, 0.25) is 0 Å². The van der Waals surface area contributed by atoms with Gasteiger partial charge in [0, 0.05) is 36.4 Å². The molecule has 190 valence electrons. The molecule has 8 rings (SSSR count). The summed E-state index contributed by atoms with van der Waals surface area (Å²) in [5, 5.41) is 4.38. The standard InChI is InChI=1S/C26H29F3N6O/c1-14-15(2)32-23-20(31-14)21(24-11-25(12-24,13-24)26(27,28)29)33-22(34-23)17-5-8-36-19(10-17)16-4-7-35-18(9-16)3-6-30-35/h3,6,16-17,19H,4-5,7-13H2,1-2H3. The van der Waals surface area contributed by atoms with Gasteiger partial charge in [0.1, 0.15) is 11.3 Å². The second-order valence-electron chi connectivity index (χ2n) is 11.5. The minimum Gasteiger partial charge on any atom is -0.378 e. The summed E-state index contributed by atoms with van der Waals surface area (Å²) >= 11 is 0. The van der Waals surface area contributed by atoms with Gasteiger partial charge in [-0.1, -0.05) is 0 Å². The Kier molecular flexibility index (Phi) is 4.68. The van der Waals surface area contributed by atoms with Crippen LogP contribution in [0.15, 0.2) is 12.3 Å². The normalized spacial score (nSPS) is 33.6. The highest BCUT2D eigenvalue weighted by Gasteiger charge is 2.79. The molecular weight excluding hydrogens is 469 g/mol. The van der Waals surface area contributed by atoms with E-state index in [1.54, 1.807) is 0 Å². The van der Waals surface area contributed by atoms with Gasteiger partial charge in [0.05, 0.1) is 28.6 Å². The number of hydrogen-bond acceptors (Lipinski definition) is 6. The van der Waals surface area contributed by atoms with Crippen LogP contribution in [0.4, 0.5) is 13.2 Å². The van der Waals surface area contributed by atoms with Gasteiger partial charge in [-0.05, 0) is 70.8 Å². The Morgan fingerprint density at radius 3 is 2.58 bits per heavy atom. The minimum absolute atomic E-state index is 0.0890. The fourth-order valence-electron chi connectivity index (χ4n) is 7.12. The third-order valence-corrected chi connectivity index (χ3v) is 9.29. The SMILES string of the molecule is Cc1nc2nc(C3CCOC(C4CCn5nccc5C4)C3)nc(C34CC(C(F)(F)F)(C3)C4)c2nc1C.